The fourth-order valence-corrected chi connectivity index (χ4v) is 4.52. The molecule has 1 aliphatic heterocycles. The van der Waals surface area contributed by atoms with Gasteiger partial charge in [0.05, 0.1) is 5.41 Å². The SMILES string of the molecule is CCC(CC)(CN1C[C@H](CO)[C@@H](c2cccc(F)c2)C1)C(=O)OCc1ccccc1. The highest BCUT2D eigenvalue weighted by atomic mass is 19.1. The molecule has 30 heavy (non-hydrogen) atoms. The Hall–Kier alpha value is -2.24. The largest absolute Gasteiger partial charge is 0.460 e. The summed E-state index contributed by atoms with van der Waals surface area (Å²) in [6, 6.07) is 16.3. The Balaban J connectivity index is 1.70. The second-order valence-electron chi connectivity index (χ2n) is 8.35. The quantitative estimate of drug-likeness (QED) is 0.620. The minimum atomic E-state index is -0.592. The molecule has 4 nitrogen and oxygen atoms in total. The summed E-state index contributed by atoms with van der Waals surface area (Å²) in [7, 11) is 0. The summed E-state index contributed by atoms with van der Waals surface area (Å²) in [6.07, 6.45) is 1.37. The van der Waals surface area contributed by atoms with E-state index >= 15 is 0 Å². The molecule has 0 saturated carbocycles. The van der Waals surface area contributed by atoms with Crippen molar-refractivity contribution < 1.29 is 19.0 Å². The third kappa shape index (κ3) is 5.08. The summed E-state index contributed by atoms with van der Waals surface area (Å²) in [4.78, 5) is 15.3. The third-order valence-electron chi connectivity index (χ3n) is 6.55. The first kappa shape index (κ1) is 22.4. The minimum absolute atomic E-state index is 0.0264. The molecule has 1 aliphatic rings. The molecule has 0 aliphatic carbocycles. The number of ether oxygens (including phenoxy) is 1. The van der Waals surface area contributed by atoms with Crippen molar-refractivity contribution in [1.82, 2.24) is 4.90 Å². The standard InChI is InChI=1S/C25H32FNO3/c1-3-25(4-2,24(29)30-17-19-9-6-5-7-10-19)18-27-14-21(16-28)23(15-27)20-11-8-12-22(26)13-20/h5-13,21,23,28H,3-4,14-18H2,1-2H3/t21-,23-/m1/s1. The zero-order valence-electron chi connectivity index (χ0n) is 17.9. The minimum Gasteiger partial charge on any atom is -0.460 e. The van der Waals surface area contributed by atoms with E-state index in [-0.39, 0.29) is 36.8 Å². The van der Waals surface area contributed by atoms with E-state index in [0.29, 0.717) is 32.5 Å². The maximum atomic E-state index is 13.7. The van der Waals surface area contributed by atoms with Gasteiger partial charge in [0.25, 0.3) is 0 Å². The molecule has 2 atom stereocenters. The van der Waals surface area contributed by atoms with Gasteiger partial charge in [-0.3, -0.25) is 4.79 Å². The van der Waals surface area contributed by atoms with Crippen molar-refractivity contribution in [2.24, 2.45) is 11.3 Å². The average Bonchev–Trinajstić information content (AvgIpc) is 3.19. The highest BCUT2D eigenvalue weighted by molar-refractivity contribution is 5.77. The molecule has 2 aromatic carbocycles. The number of rotatable bonds is 9. The van der Waals surface area contributed by atoms with Crippen molar-refractivity contribution in [2.45, 2.75) is 39.2 Å². The van der Waals surface area contributed by atoms with Crippen LogP contribution in [0.3, 0.4) is 0 Å². The van der Waals surface area contributed by atoms with Gasteiger partial charge in [-0.25, -0.2) is 4.39 Å². The van der Waals surface area contributed by atoms with Crippen molar-refractivity contribution >= 4 is 5.97 Å². The van der Waals surface area contributed by atoms with Gasteiger partial charge in [-0.05, 0) is 36.1 Å². The number of aliphatic hydroxyl groups excluding tert-OH is 1. The predicted molar refractivity (Wildman–Crippen MR) is 115 cm³/mol. The Morgan fingerprint density at radius 2 is 1.87 bits per heavy atom. The van der Waals surface area contributed by atoms with Crippen molar-refractivity contribution in [1.29, 1.82) is 0 Å². The first-order valence-electron chi connectivity index (χ1n) is 10.8. The second kappa shape index (κ2) is 10.2. The average molecular weight is 414 g/mol. The van der Waals surface area contributed by atoms with Crippen LogP contribution in [0.5, 0.6) is 0 Å². The number of nitrogens with zero attached hydrogens (tertiary/aromatic N) is 1. The molecule has 1 N–H and O–H groups in total. The zero-order chi connectivity index (χ0) is 21.6. The molecule has 0 radical (unpaired) electrons. The van der Waals surface area contributed by atoms with Crippen molar-refractivity contribution in [3.63, 3.8) is 0 Å². The van der Waals surface area contributed by atoms with Gasteiger partial charge in [-0.1, -0.05) is 56.3 Å². The molecule has 2 aromatic rings. The normalized spacial score (nSPS) is 19.7. The van der Waals surface area contributed by atoms with E-state index in [1.165, 1.54) is 6.07 Å². The molecular weight excluding hydrogens is 381 g/mol. The molecule has 1 heterocycles. The van der Waals surface area contributed by atoms with Crippen LogP contribution in [0.2, 0.25) is 0 Å². The van der Waals surface area contributed by atoms with E-state index in [4.69, 9.17) is 4.74 Å². The molecule has 0 spiro atoms. The molecule has 162 valence electrons. The number of hydrogen-bond donors (Lipinski definition) is 1. The monoisotopic (exact) mass is 413 g/mol. The number of carbonyl (C=O) groups excluding carboxylic acids is 1. The van der Waals surface area contributed by atoms with Crippen molar-refractivity contribution in [3.05, 3.63) is 71.5 Å². The Bertz CT molecular complexity index is 822. The van der Waals surface area contributed by atoms with Crippen LogP contribution in [-0.4, -0.2) is 42.2 Å². The van der Waals surface area contributed by atoms with Gasteiger partial charge in [-0.15, -0.1) is 0 Å². The molecule has 1 fully saturated rings. The lowest BCUT2D eigenvalue weighted by Crippen LogP contribution is -2.43. The fourth-order valence-electron chi connectivity index (χ4n) is 4.52. The lowest BCUT2D eigenvalue weighted by atomic mass is 9.81. The molecular formula is C25H32FNO3. The number of benzene rings is 2. The van der Waals surface area contributed by atoms with Crippen molar-refractivity contribution in [3.8, 4) is 0 Å². The van der Waals surface area contributed by atoms with Gasteiger partial charge >= 0.3 is 5.97 Å². The molecule has 1 saturated heterocycles. The highest BCUT2D eigenvalue weighted by Crippen LogP contribution is 2.37. The van der Waals surface area contributed by atoms with E-state index in [9.17, 15) is 14.3 Å². The van der Waals surface area contributed by atoms with E-state index < -0.39 is 5.41 Å². The van der Waals surface area contributed by atoms with Gasteiger partial charge in [0.1, 0.15) is 12.4 Å². The summed E-state index contributed by atoms with van der Waals surface area (Å²) >= 11 is 0. The van der Waals surface area contributed by atoms with Crippen LogP contribution < -0.4 is 0 Å². The molecule has 0 amide bonds. The van der Waals surface area contributed by atoms with Crippen LogP contribution in [0.15, 0.2) is 54.6 Å². The number of hydrogen-bond acceptors (Lipinski definition) is 4. The summed E-state index contributed by atoms with van der Waals surface area (Å²) in [5.74, 6) is -0.356. The van der Waals surface area contributed by atoms with Gasteiger partial charge < -0.3 is 14.7 Å². The van der Waals surface area contributed by atoms with Gasteiger partial charge in [0, 0.05) is 38.1 Å². The molecule has 0 aromatic heterocycles. The fraction of sp³-hybridized carbons (Fsp3) is 0.480. The lowest BCUT2D eigenvalue weighted by Gasteiger charge is -2.33. The number of halogens is 1. The van der Waals surface area contributed by atoms with E-state index in [1.807, 2.05) is 50.2 Å². The molecule has 0 bridgehead atoms. The zero-order valence-corrected chi connectivity index (χ0v) is 17.9. The summed E-state index contributed by atoms with van der Waals surface area (Å²) < 4.78 is 19.4. The molecule has 5 heteroatoms. The highest BCUT2D eigenvalue weighted by Gasteiger charge is 2.42. The number of aliphatic hydroxyl groups is 1. The summed E-state index contributed by atoms with van der Waals surface area (Å²) in [6.45, 7) is 6.32. The Morgan fingerprint density at radius 3 is 2.50 bits per heavy atom. The summed E-state index contributed by atoms with van der Waals surface area (Å²) in [5.41, 5.74) is 1.28. The van der Waals surface area contributed by atoms with Crippen LogP contribution in [0, 0.1) is 17.2 Å². The molecule has 0 unspecified atom stereocenters. The van der Waals surface area contributed by atoms with Gasteiger partial charge in [0.15, 0.2) is 0 Å². The van der Waals surface area contributed by atoms with E-state index in [2.05, 4.69) is 4.90 Å². The van der Waals surface area contributed by atoms with Crippen LogP contribution in [-0.2, 0) is 16.1 Å². The number of esters is 1. The number of likely N-dealkylation sites (tertiary alicyclic amines) is 1. The number of carbonyl (C=O) groups is 1. The first-order valence-corrected chi connectivity index (χ1v) is 10.8. The van der Waals surface area contributed by atoms with E-state index in [1.54, 1.807) is 12.1 Å². The predicted octanol–water partition coefficient (Wildman–Crippen LogP) is 4.38. The molecule has 3 rings (SSSR count). The third-order valence-corrected chi connectivity index (χ3v) is 6.55. The topological polar surface area (TPSA) is 49.8 Å². The van der Waals surface area contributed by atoms with Crippen molar-refractivity contribution in [2.75, 3.05) is 26.2 Å². The van der Waals surface area contributed by atoms with Gasteiger partial charge in [-0.2, -0.15) is 0 Å². The van der Waals surface area contributed by atoms with Crippen LogP contribution in [0.1, 0.15) is 43.7 Å². The Kier molecular flexibility index (Phi) is 7.62. The Labute approximate surface area is 178 Å². The maximum absolute atomic E-state index is 13.7. The maximum Gasteiger partial charge on any atom is 0.313 e. The first-order chi connectivity index (χ1) is 14.5. The second-order valence-corrected chi connectivity index (χ2v) is 8.35. The smallest absolute Gasteiger partial charge is 0.313 e. The van der Waals surface area contributed by atoms with E-state index in [0.717, 1.165) is 11.1 Å². The lowest BCUT2D eigenvalue weighted by molar-refractivity contribution is -0.159. The van der Waals surface area contributed by atoms with Crippen LogP contribution >= 0.6 is 0 Å². The van der Waals surface area contributed by atoms with Crippen LogP contribution in [0.4, 0.5) is 4.39 Å². The van der Waals surface area contributed by atoms with Crippen LogP contribution in [0.25, 0.3) is 0 Å². The Morgan fingerprint density at radius 1 is 1.13 bits per heavy atom. The summed E-state index contributed by atoms with van der Waals surface area (Å²) in [5, 5.41) is 9.90. The van der Waals surface area contributed by atoms with Gasteiger partial charge in [0.2, 0.25) is 0 Å².